The number of hydrogen-bond donors (Lipinski definition) is 1. The van der Waals surface area contributed by atoms with E-state index in [1.54, 1.807) is 7.11 Å². The van der Waals surface area contributed by atoms with E-state index < -0.39 is 0 Å². The molecule has 0 unspecified atom stereocenters. The quantitative estimate of drug-likeness (QED) is 0.571. The molecule has 4 rings (SSSR count). The summed E-state index contributed by atoms with van der Waals surface area (Å²) in [5, 5.41) is 3.70. The average molecular weight is 395 g/mol. The van der Waals surface area contributed by atoms with Crippen LogP contribution in [0.5, 0.6) is 0 Å². The lowest BCUT2D eigenvalue weighted by Gasteiger charge is -2.22. The Bertz CT molecular complexity index is 782. The Morgan fingerprint density at radius 3 is 2.46 bits per heavy atom. The molecular formula is C24H30N2OS. The zero-order valence-corrected chi connectivity index (χ0v) is 17.5. The van der Waals surface area contributed by atoms with Crippen LogP contribution in [0.15, 0.2) is 60.3 Å². The number of ether oxygens (including phenoxy) is 1. The van der Waals surface area contributed by atoms with E-state index in [0.717, 1.165) is 25.6 Å². The molecule has 2 aliphatic rings. The molecule has 0 saturated heterocycles. The van der Waals surface area contributed by atoms with Crippen LogP contribution in [0.25, 0.3) is 4.91 Å². The third-order valence-corrected chi connectivity index (χ3v) is 6.93. The Hall–Kier alpha value is -1.75. The lowest BCUT2D eigenvalue weighted by Crippen LogP contribution is -2.20. The molecule has 1 N–H and O–H groups in total. The van der Waals surface area contributed by atoms with E-state index in [0.29, 0.717) is 0 Å². The topological polar surface area (TPSA) is 24.5 Å². The maximum Gasteiger partial charge on any atom is 0.0599 e. The molecule has 0 amide bonds. The largest absolute Gasteiger partial charge is 0.383 e. The predicted molar refractivity (Wildman–Crippen MR) is 120 cm³/mol. The fourth-order valence-electron chi connectivity index (χ4n) is 4.14. The molecule has 2 aromatic rings. The Labute approximate surface area is 173 Å². The first-order valence-electron chi connectivity index (χ1n) is 10.4. The summed E-state index contributed by atoms with van der Waals surface area (Å²) < 4.78 is 7.64. The summed E-state index contributed by atoms with van der Waals surface area (Å²) in [5.74, 6) is 0.758. The van der Waals surface area contributed by atoms with Crippen LogP contribution in [-0.4, -0.2) is 31.1 Å². The van der Waals surface area contributed by atoms with Crippen molar-refractivity contribution < 1.29 is 4.74 Å². The van der Waals surface area contributed by atoms with Crippen molar-refractivity contribution in [1.82, 2.24) is 4.31 Å². The van der Waals surface area contributed by atoms with Gasteiger partial charge in [-0.15, -0.1) is 0 Å². The minimum Gasteiger partial charge on any atom is -0.383 e. The molecule has 3 nitrogen and oxygen atoms in total. The number of methoxy groups -OCH3 is 1. The van der Waals surface area contributed by atoms with E-state index in [1.807, 2.05) is 11.9 Å². The van der Waals surface area contributed by atoms with Crippen molar-refractivity contribution >= 4 is 22.5 Å². The molecule has 1 aliphatic heterocycles. The van der Waals surface area contributed by atoms with Crippen LogP contribution in [0, 0.1) is 0 Å². The molecule has 1 saturated carbocycles. The molecule has 1 fully saturated rings. The summed E-state index contributed by atoms with van der Waals surface area (Å²) in [4.78, 5) is 1.31. The third kappa shape index (κ3) is 4.80. The zero-order chi connectivity index (χ0) is 19.2. The smallest absolute Gasteiger partial charge is 0.0599 e. The molecule has 28 heavy (non-hydrogen) atoms. The van der Waals surface area contributed by atoms with E-state index in [2.05, 4.69) is 64.2 Å². The van der Waals surface area contributed by atoms with Crippen molar-refractivity contribution in [3.05, 3.63) is 71.4 Å². The first-order chi connectivity index (χ1) is 13.8. The van der Waals surface area contributed by atoms with Gasteiger partial charge in [0.2, 0.25) is 0 Å². The van der Waals surface area contributed by atoms with Gasteiger partial charge < -0.3 is 10.1 Å². The van der Waals surface area contributed by atoms with Gasteiger partial charge in [0, 0.05) is 25.0 Å². The van der Waals surface area contributed by atoms with Crippen molar-refractivity contribution in [2.75, 3.05) is 32.1 Å². The van der Waals surface area contributed by atoms with Gasteiger partial charge in [0.05, 0.1) is 18.1 Å². The number of nitrogens with one attached hydrogen (secondary N) is 1. The van der Waals surface area contributed by atoms with Gasteiger partial charge >= 0.3 is 0 Å². The lowest BCUT2D eigenvalue weighted by atomic mass is 9.84. The van der Waals surface area contributed by atoms with Crippen LogP contribution in [0.4, 0.5) is 5.69 Å². The van der Waals surface area contributed by atoms with Gasteiger partial charge in [-0.05, 0) is 54.0 Å². The van der Waals surface area contributed by atoms with Crippen molar-refractivity contribution in [3.63, 3.8) is 0 Å². The summed E-state index contributed by atoms with van der Waals surface area (Å²) in [6.45, 7) is 2.57. The van der Waals surface area contributed by atoms with Crippen molar-refractivity contribution in [2.24, 2.45) is 0 Å². The van der Waals surface area contributed by atoms with Gasteiger partial charge in [-0.2, -0.15) is 0 Å². The first-order valence-corrected chi connectivity index (χ1v) is 11.2. The maximum absolute atomic E-state index is 5.28. The van der Waals surface area contributed by atoms with Gasteiger partial charge in [-0.25, -0.2) is 4.31 Å². The molecular weight excluding hydrogens is 364 g/mol. The number of anilines is 1. The second kappa shape index (κ2) is 9.64. The van der Waals surface area contributed by atoms with Gasteiger partial charge in [-0.1, -0.05) is 61.7 Å². The molecule has 4 heteroatoms. The van der Waals surface area contributed by atoms with Crippen molar-refractivity contribution in [2.45, 2.75) is 38.0 Å². The zero-order valence-electron chi connectivity index (χ0n) is 16.7. The second-order valence-electron chi connectivity index (χ2n) is 7.70. The van der Waals surface area contributed by atoms with Crippen molar-refractivity contribution in [1.29, 1.82) is 0 Å². The monoisotopic (exact) mass is 394 g/mol. The van der Waals surface area contributed by atoms with E-state index >= 15 is 0 Å². The van der Waals surface area contributed by atoms with E-state index in [1.165, 1.54) is 59.5 Å². The minimum atomic E-state index is 0.748. The van der Waals surface area contributed by atoms with Crippen LogP contribution in [0.3, 0.4) is 0 Å². The van der Waals surface area contributed by atoms with Crippen LogP contribution >= 0.6 is 11.9 Å². The third-order valence-electron chi connectivity index (χ3n) is 5.69. The number of nitrogens with zero attached hydrogens (tertiary/aromatic N) is 1. The van der Waals surface area contributed by atoms with Gasteiger partial charge in [0.1, 0.15) is 0 Å². The number of benzene rings is 2. The van der Waals surface area contributed by atoms with E-state index in [9.17, 15) is 0 Å². The number of hydrogen-bond acceptors (Lipinski definition) is 4. The van der Waals surface area contributed by atoms with Gasteiger partial charge in [0.15, 0.2) is 0 Å². The highest BCUT2D eigenvalue weighted by Crippen LogP contribution is 2.40. The van der Waals surface area contributed by atoms with Crippen LogP contribution in [-0.2, 0) is 4.74 Å². The fraction of sp³-hybridized carbons (Fsp3) is 0.417. The Kier molecular flexibility index (Phi) is 6.73. The minimum absolute atomic E-state index is 0.748. The van der Waals surface area contributed by atoms with E-state index in [-0.39, 0.29) is 0 Å². The van der Waals surface area contributed by atoms with Crippen molar-refractivity contribution in [3.8, 4) is 0 Å². The highest BCUT2D eigenvalue weighted by atomic mass is 32.2. The van der Waals surface area contributed by atoms with E-state index in [4.69, 9.17) is 4.74 Å². The van der Waals surface area contributed by atoms with Crippen LogP contribution in [0.1, 0.15) is 49.1 Å². The summed E-state index contributed by atoms with van der Waals surface area (Å²) >= 11 is 1.83. The molecule has 0 atom stereocenters. The molecule has 0 radical (unpaired) electrons. The summed E-state index contributed by atoms with van der Waals surface area (Å²) in [5.41, 5.74) is 5.23. The average Bonchev–Trinajstić information content (AvgIpc) is 3.16. The highest BCUT2D eigenvalue weighted by molar-refractivity contribution is 8.06. The Balaban J connectivity index is 1.50. The Morgan fingerprint density at radius 1 is 1.00 bits per heavy atom. The highest BCUT2D eigenvalue weighted by Gasteiger charge is 2.24. The molecule has 0 aromatic heterocycles. The fourth-order valence-corrected chi connectivity index (χ4v) is 5.23. The number of rotatable bonds is 7. The standard InChI is InChI=1S/C24H30N2OS/c1-27-17-16-26-18-23(24(28-26)21-10-6-3-7-11-21)25-22-14-12-20(13-15-22)19-8-4-2-5-9-19/h3,6-7,10-15,19,25H,2,4-5,8-9,16-18H2,1H3. The summed E-state index contributed by atoms with van der Waals surface area (Å²) in [6.07, 6.45) is 6.87. The molecule has 0 spiro atoms. The molecule has 0 bridgehead atoms. The predicted octanol–water partition coefficient (Wildman–Crippen LogP) is 6.13. The summed E-state index contributed by atoms with van der Waals surface area (Å²) in [7, 11) is 1.76. The maximum atomic E-state index is 5.28. The lowest BCUT2D eigenvalue weighted by molar-refractivity contribution is 0.185. The second-order valence-corrected chi connectivity index (χ2v) is 8.81. The molecule has 1 heterocycles. The van der Waals surface area contributed by atoms with Gasteiger partial charge in [0.25, 0.3) is 0 Å². The van der Waals surface area contributed by atoms with Crippen LogP contribution < -0.4 is 5.32 Å². The first kappa shape index (κ1) is 19.6. The summed E-state index contributed by atoms with van der Waals surface area (Å²) in [6, 6.07) is 19.8. The van der Waals surface area contributed by atoms with Crippen LogP contribution in [0.2, 0.25) is 0 Å². The SMILES string of the molecule is COCCN1CC(Nc2ccc(C3CCCCC3)cc2)=C(c2ccccc2)S1. The molecule has 148 valence electrons. The Morgan fingerprint density at radius 2 is 1.75 bits per heavy atom. The normalized spacial score (nSPS) is 18.6. The molecule has 1 aliphatic carbocycles. The van der Waals surface area contributed by atoms with Gasteiger partial charge in [-0.3, -0.25) is 0 Å². The molecule has 2 aromatic carbocycles.